The molecule has 1 saturated heterocycles. The molecule has 1 saturated carbocycles. The highest BCUT2D eigenvalue weighted by Crippen LogP contribution is 2.35. The van der Waals surface area contributed by atoms with Crippen molar-refractivity contribution < 1.29 is 9.15 Å². The highest BCUT2D eigenvalue weighted by Gasteiger charge is 2.34. The molecule has 3 nitrogen and oxygen atoms in total. The predicted octanol–water partition coefficient (Wildman–Crippen LogP) is 2.37. The Kier molecular flexibility index (Phi) is 3.21. The van der Waals surface area contributed by atoms with Gasteiger partial charge < -0.3 is 14.5 Å². The van der Waals surface area contributed by atoms with Gasteiger partial charge in [-0.3, -0.25) is 0 Å². The SMILES string of the molecule is c1cc(CC2(CNC3CC3)CCOCC2)co1. The van der Waals surface area contributed by atoms with Gasteiger partial charge in [0.15, 0.2) is 0 Å². The number of rotatable bonds is 5. The Labute approximate surface area is 103 Å². The van der Waals surface area contributed by atoms with Crippen molar-refractivity contribution >= 4 is 0 Å². The second kappa shape index (κ2) is 4.83. The van der Waals surface area contributed by atoms with Crippen LogP contribution < -0.4 is 5.32 Å². The van der Waals surface area contributed by atoms with Crippen molar-refractivity contribution in [3.05, 3.63) is 24.2 Å². The molecule has 0 unspecified atom stereocenters. The molecular weight excluding hydrogens is 214 g/mol. The quantitative estimate of drug-likeness (QED) is 0.851. The van der Waals surface area contributed by atoms with E-state index >= 15 is 0 Å². The molecule has 0 atom stereocenters. The van der Waals surface area contributed by atoms with E-state index in [0.717, 1.165) is 45.1 Å². The molecule has 0 spiro atoms. The Balaban J connectivity index is 1.65. The van der Waals surface area contributed by atoms with Crippen LogP contribution in [0.25, 0.3) is 0 Å². The standard InChI is InChI=1S/C14H21NO2/c1-2-13(1)15-11-14(4-7-16-8-5-14)9-12-3-6-17-10-12/h3,6,10,13,15H,1-2,4-5,7-9,11H2. The first kappa shape index (κ1) is 11.3. The predicted molar refractivity (Wildman–Crippen MR) is 65.9 cm³/mol. The van der Waals surface area contributed by atoms with Crippen LogP contribution in [0.3, 0.4) is 0 Å². The van der Waals surface area contributed by atoms with Crippen LogP contribution in [-0.2, 0) is 11.2 Å². The van der Waals surface area contributed by atoms with Gasteiger partial charge in [-0.1, -0.05) is 0 Å². The van der Waals surface area contributed by atoms with E-state index in [1.165, 1.54) is 18.4 Å². The highest BCUT2D eigenvalue weighted by atomic mass is 16.5. The third kappa shape index (κ3) is 2.90. The van der Waals surface area contributed by atoms with E-state index in [4.69, 9.17) is 9.15 Å². The fourth-order valence-corrected chi connectivity index (χ4v) is 2.70. The molecule has 1 aliphatic heterocycles. The summed E-state index contributed by atoms with van der Waals surface area (Å²) in [6.07, 6.45) is 9.82. The summed E-state index contributed by atoms with van der Waals surface area (Å²) in [5.41, 5.74) is 1.70. The van der Waals surface area contributed by atoms with Gasteiger partial charge in [-0.2, -0.15) is 0 Å². The summed E-state index contributed by atoms with van der Waals surface area (Å²) < 4.78 is 10.7. The number of hydrogen-bond donors (Lipinski definition) is 1. The zero-order valence-corrected chi connectivity index (χ0v) is 10.3. The maximum absolute atomic E-state index is 5.52. The molecule has 0 aromatic carbocycles. The molecule has 17 heavy (non-hydrogen) atoms. The molecule has 1 N–H and O–H groups in total. The molecule has 2 aliphatic rings. The molecule has 1 aliphatic carbocycles. The van der Waals surface area contributed by atoms with Crippen LogP contribution in [0.1, 0.15) is 31.2 Å². The fourth-order valence-electron chi connectivity index (χ4n) is 2.70. The lowest BCUT2D eigenvalue weighted by Crippen LogP contribution is -2.41. The maximum atomic E-state index is 5.52. The van der Waals surface area contributed by atoms with E-state index in [-0.39, 0.29) is 0 Å². The van der Waals surface area contributed by atoms with E-state index < -0.39 is 0 Å². The lowest BCUT2D eigenvalue weighted by molar-refractivity contribution is 0.0147. The summed E-state index contributed by atoms with van der Waals surface area (Å²) in [6.45, 7) is 2.95. The number of furan rings is 1. The highest BCUT2D eigenvalue weighted by molar-refractivity contribution is 5.10. The molecule has 2 heterocycles. The minimum atomic E-state index is 0.380. The van der Waals surface area contributed by atoms with Crippen LogP contribution >= 0.6 is 0 Å². The maximum Gasteiger partial charge on any atom is 0.0934 e. The van der Waals surface area contributed by atoms with Gasteiger partial charge in [0.2, 0.25) is 0 Å². The Morgan fingerprint density at radius 2 is 2.12 bits per heavy atom. The Hall–Kier alpha value is -0.800. The van der Waals surface area contributed by atoms with Gasteiger partial charge in [-0.15, -0.1) is 0 Å². The average Bonchev–Trinajstić information content (AvgIpc) is 3.06. The van der Waals surface area contributed by atoms with Gasteiger partial charge in [-0.25, -0.2) is 0 Å². The van der Waals surface area contributed by atoms with Crippen molar-refractivity contribution in [3.63, 3.8) is 0 Å². The number of ether oxygens (including phenoxy) is 1. The number of nitrogens with one attached hydrogen (secondary N) is 1. The van der Waals surface area contributed by atoms with Gasteiger partial charge in [-0.05, 0) is 49.1 Å². The van der Waals surface area contributed by atoms with Crippen molar-refractivity contribution in [2.45, 2.75) is 38.1 Å². The molecule has 0 amide bonds. The first-order chi connectivity index (χ1) is 8.36. The Morgan fingerprint density at radius 1 is 1.29 bits per heavy atom. The van der Waals surface area contributed by atoms with Gasteiger partial charge in [0.25, 0.3) is 0 Å². The van der Waals surface area contributed by atoms with Crippen LogP contribution in [0.5, 0.6) is 0 Å². The Morgan fingerprint density at radius 3 is 2.76 bits per heavy atom. The van der Waals surface area contributed by atoms with Gasteiger partial charge >= 0.3 is 0 Å². The first-order valence-electron chi connectivity index (χ1n) is 6.69. The summed E-state index contributed by atoms with van der Waals surface area (Å²) in [5.74, 6) is 0. The molecule has 94 valence electrons. The number of hydrogen-bond acceptors (Lipinski definition) is 3. The summed E-state index contributed by atoms with van der Waals surface area (Å²) in [5, 5.41) is 3.69. The Bertz CT molecular complexity index is 337. The normalized spacial score (nSPS) is 23.8. The topological polar surface area (TPSA) is 34.4 Å². The van der Waals surface area contributed by atoms with Crippen molar-refractivity contribution in [1.82, 2.24) is 5.32 Å². The van der Waals surface area contributed by atoms with Crippen LogP contribution in [0, 0.1) is 5.41 Å². The zero-order valence-electron chi connectivity index (χ0n) is 10.3. The van der Waals surface area contributed by atoms with Gasteiger partial charge in [0, 0.05) is 25.8 Å². The molecule has 3 rings (SSSR count). The summed E-state index contributed by atoms with van der Waals surface area (Å²) in [6, 6.07) is 2.88. The largest absolute Gasteiger partial charge is 0.472 e. The fraction of sp³-hybridized carbons (Fsp3) is 0.714. The van der Waals surface area contributed by atoms with E-state index in [1.54, 1.807) is 6.26 Å². The van der Waals surface area contributed by atoms with E-state index in [0.29, 0.717) is 5.41 Å². The van der Waals surface area contributed by atoms with Crippen molar-refractivity contribution in [3.8, 4) is 0 Å². The molecule has 0 bridgehead atoms. The minimum absolute atomic E-state index is 0.380. The lowest BCUT2D eigenvalue weighted by Gasteiger charge is -2.37. The van der Waals surface area contributed by atoms with Crippen molar-refractivity contribution in [2.75, 3.05) is 19.8 Å². The second-order valence-corrected chi connectivity index (χ2v) is 5.58. The smallest absolute Gasteiger partial charge is 0.0934 e. The average molecular weight is 235 g/mol. The minimum Gasteiger partial charge on any atom is -0.472 e. The van der Waals surface area contributed by atoms with Crippen LogP contribution in [-0.4, -0.2) is 25.8 Å². The van der Waals surface area contributed by atoms with Gasteiger partial charge in [0.1, 0.15) is 0 Å². The van der Waals surface area contributed by atoms with E-state index in [1.807, 2.05) is 6.26 Å². The van der Waals surface area contributed by atoms with Crippen LogP contribution in [0.2, 0.25) is 0 Å². The third-order valence-corrected chi connectivity index (χ3v) is 4.06. The summed E-state index contributed by atoms with van der Waals surface area (Å²) in [4.78, 5) is 0. The van der Waals surface area contributed by atoms with E-state index in [9.17, 15) is 0 Å². The molecule has 3 heteroatoms. The second-order valence-electron chi connectivity index (χ2n) is 5.58. The molecule has 2 fully saturated rings. The van der Waals surface area contributed by atoms with Crippen molar-refractivity contribution in [2.24, 2.45) is 5.41 Å². The molecule has 1 aromatic heterocycles. The monoisotopic (exact) mass is 235 g/mol. The first-order valence-corrected chi connectivity index (χ1v) is 6.69. The zero-order chi connectivity index (χ0) is 11.6. The molecular formula is C14H21NO2. The third-order valence-electron chi connectivity index (χ3n) is 4.06. The van der Waals surface area contributed by atoms with Crippen molar-refractivity contribution in [1.29, 1.82) is 0 Å². The molecule has 0 radical (unpaired) electrons. The summed E-state index contributed by atoms with van der Waals surface area (Å²) >= 11 is 0. The van der Waals surface area contributed by atoms with Crippen LogP contribution in [0.4, 0.5) is 0 Å². The lowest BCUT2D eigenvalue weighted by atomic mass is 9.75. The molecule has 1 aromatic rings. The van der Waals surface area contributed by atoms with E-state index in [2.05, 4.69) is 11.4 Å². The van der Waals surface area contributed by atoms with Crippen LogP contribution in [0.15, 0.2) is 23.0 Å². The van der Waals surface area contributed by atoms with Gasteiger partial charge in [0.05, 0.1) is 12.5 Å². The summed E-state index contributed by atoms with van der Waals surface area (Å²) in [7, 11) is 0.